The first-order valence-corrected chi connectivity index (χ1v) is 7.08. The average molecular weight is 296 g/mol. The lowest BCUT2D eigenvalue weighted by atomic mass is 10.1. The van der Waals surface area contributed by atoms with E-state index in [-0.39, 0.29) is 11.7 Å². The van der Waals surface area contributed by atoms with Crippen molar-refractivity contribution in [2.45, 2.75) is 20.0 Å². The van der Waals surface area contributed by atoms with Gasteiger partial charge in [-0.3, -0.25) is 0 Å². The number of ether oxygens (including phenoxy) is 1. The minimum atomic E-state index is -1.01. The molecule has 0 bridgehead atoms. The summed E-state index contributed by atoms with van der Waals surface area (Å²) in [6.45, 7) is 3.85. The van der Waals surface area contributed by atoms with Crippen LogP contribution in [0, 0.1) is 0 Å². The van der Waals surface area contributed by atoms with E-state index in [0.29, 0.717) is 22.5 Å². The van der Waals surface area contributed by atoms with E-state index in [0.717, 1.165) is 5.56 Å². The van der Waals surface area contributed by atoms with Crippen molar-refractivity contribution in [2.75, 3.05) is 0 Å². The second-order valence-corrected chi connectivity index (χ2v) is 5.30. The van der Waals surface area contributed by atoms with Crippen molar-refractivity contribution in [3.8, 4) is 17.1 Å². The molecule has 0 aliphatic rings. The Morgan fingerprint density at radius 2 is 1.86 bits per heavy atom. The van der Waals surface area contributed by atoms with Gasteiger partial charge in [-0.15, -0.1) is 0 Å². The van der Waals surface area contributed by atoms with Crippen molar-refractivity contribution in [3.63, 3.8) is 0 Å². The number of fused-ring (bicyclic) bond motifs is 1. The van der Waals surface area contributed by atoms with Gasteiger partial charge in [0.2, 0.25) is 0 Å². The Morgan fingerprint density at radius 3 is 2.50 bits per heavy atom. The fourth-order valence-electron chi connectivity index (χ4n) is 2.43. The second-order valence-electron chi connectivity index (χ2n) is 5.30. The Kier molecular flexibility index (Phi) is 3.59. The first-order chi connectivity index (χ1) is 10.6. The van der Waals surface area contributed by atoms with Crippen molar-refractivity contribution in [3.05, 3.63) is 54.1 Å². The minimum Gasteiger partial charge on any atom is -0.491 e. The topological polar surface area (TPSA) is 59.7 Å². The Bertz CT molecular complexity index is 816. The summed E-state index contributed by atoms with van der Waals surface area (Å²) in [7, 11) is 0. The van der Waals surface area contributed by atoms with Crippen molar-refractivity contribution in [2.24, 2.45) is 0 Å². The maximum atomic E-state index is 11.7. The first-order valence-electron chi connectivity index (χ1n) is 7.08. The molecule has 1 aromatic heterocycles. The molecule has 3 aromatic rings. The number of hydrogen-bond acceptors (Lipinski definition) is 3. The molecule has 0 atom stereocenters. The molecule has 0 saturated carbocycles. The van der Waals surface area contributed by atoms with Crippen LogP contribution >= 0.6 is 0 Å². The number of carboxylic acids is 1. The van der Waals surface area contributed by atoms with E-state index >= 15 is 0 Å². The van der Waals surface area contributed by atoms with Crippen molar-refractivity contribution < 1.29 is 19.1 Å². The Morgan fingerprint density at radius 1 is 1.14 bits per heavy atom. The molecule has 0 spiro atoms. The molecule has 2 aromatic carbocycles. The predicted octanol–water partition coefficient (Wildman–Crippen LogP) is 4.59. The highest BCUT2D eigenvalue weighted by Crippen LogP contribution is 2.35. The zero-order valence-corrected chi connectivity index (χ0v) is 12.4. The average Bonchev–Trinajstić information content (AvgIpc) is 2.86. The summed E-state index contributed by atoms with van der Waals surface area (Å²) in [5.74, 6) is -0.0190. The Balaban J connectivity index is 2.22. The predicted molar refractivity (Wildman–Crippen MR) is 84.4 cm³/mol. The van der Waals surface area contributed by atoms with Gasteiger partial charge in [0.05, 0.1) is 6.10 Å². The quantitative estimate of drug-likeness (QED) is 0.765. The monoisotopic (exact) mass is 296 g/mol. The van der Waals surface area contributed by atoms with E-state index in [1.165, 1.54) is 0 Å². The number of benzene rings is 2. The van der Waals surface area contributed by atoms with E-state index in [4.69, 9.17) is 9.15 Å². The highest BCUT2D eigenvalue weighted by Gasteiger charge is 2.22. The van der Waals surface area contributed by atoms with Crippen LogP contribution in [-0.4, -0.2) is 17.2 Å². The summed E-state index contributed by atoms with van der Waals surface area (Å²) >= 11 is 0. The van der Waals surface area contributed by atoms with Crippen molar-refractivity contribution >= 4 is 16.9 Å². The molecule has 0 unspecified atom stereocenters. The highest BCUT2D eigenvalue weighted by molar-refractivity contribution is 6.08. The molecule has 0 fully saturated rings. The van der Waals surface area contributed by atoms with Crippen LogP contribution in [0.1, 0.15) is 24.2 Å². The van der Waals surface area contributed by atoms with Gasteiger partial charge in [0.1, 0.15) is 22.7 Å². The van der Waals surface area contributed by atoms with Crippen LogP contribution in [0.2, 0.25) is 0 Å². The van der Waals surface area contributed by atoms with Crippen molar-refractivity contribution in [1.29, 1.82) is 0 Å². The van der Waals surface area contributed by atoms with Crippen LogP contribution in [0.4, 0.5) is 0 Å². The maximum Gasteiger partial charge on any atom is 0.340 e. The Hall–Kier alpha value is -2.75. The summed E-state index contributed by atoms with van der Waals surface area (Å²) in [5, 5.41) is 10.1. The van der Waals surface area contributed by atoms with Crippen LogP contribution in [0.3, 0.4) is 0 Å². The standard InChI is InChI=1S/C18H16O4/c1-11(2)21-13-8-9-15-14(10-13)16(18(19)20)17(22-15)12-6-4-3-5-7-12/h3-11H,1-2H3,(H,19,20). The van der Waals surface area contributed by atoms with Crippen LogP contribution in [-0.2, 0) is 0 Å². The number of furan rings is 1. The van der Waals surface area contributed by atoms with E-state index < -0.39 is 5.97 Å². The fourth-order valence-corrected chi connectivity index (χ4v) is 2.43. The van der Waals surface area contributed by atoms with E-state index in [9.17, 15) is 9.90 Å². The molecule has 0 aliphatic heterocycles. The molecule has 0 radical (unpaired) electrons. The van der Waals surface area contributed by atoms with Gasteiger partial charge in [-0.25, -0.2) is 4.79 Å². The molecule has 0 amide bonds. The maximum absolute atomic E-state index is 11.7. The summed E-state index contributed by atoms with van der Waals surface area (Å²) in [6.07, 6.45) is 0.0197. The van der Waals surface area contributed by atoms with Crippen molar-refractivity contribution in [1.82, 2.24) is 0 Å². The lowest BCUT2D eigenvalue weighted by molar-refractivity contribution is 0.0699. The number of hydrogen-bond donors (Lipinski definition) is 1. The van der Waals surface area contributed by atoms with Crippen LogP contribution < -0.4 is 4.74 Å². The van der Waals surface area contributed by atoms with Crippen LogP contribution in [0.5, 0.6) is 5.75 Å². The molecule has 112 valence electrons. The SMILES string of the molecule is CC(C)Oc1ccc2oc(-c3ccccc3)c(C(=O)O)c2c1. The molecule has 0 saturated heterocycles. The first kappa shape index (κ1) is 14.2. The lowest BCUT2D eigenvalue weighted by Gasteiger charge is -2.09. The zero-order chi connectivity index (χ0) is 15.7. The zero-order valence-electron chi connectivity index (χ0n) is 12.4. The van der Waals surface area contributed by atoms with Gasteiger partial charge in [-0.05, 0) is 32.0 Å². The summed E-state index contributed by atoms with van der Waals surface area (Å²) in [4.78, 5) is 11.7. The molecule has 4 heteroatoms. The fraction of sp³-hybridized carbons (Fsp3) is 0.167. The number of aromatic carboxylic acids is 1. The Labute approximate surface area is 127 Å². The van der Waals surface area contributed by atoms with Gasteiger partial charge in [-0.2, -0.15) is 0 Å². The molecular weight excluding hydrogens is 280 g/mol. The number of carboxylic acid groups (broad SMARTS) is 1. The smallest absolute Gasteiger partial charge is 0.340 e. The minimum absolute atomic E-state index is 0.0197. The summed E-state index contributed by atoms with van der Waals surface area (Å²) in [6, 6.07) is 14.5. The summed E-state index contributed by atoms with van der Waals surface area (Å²) in [5.41, 5.74) is 1.44. The van der Waals surface area contributed by atoms with Gasteiger partial charge in [-0.1, -0.05) is 30.3 Å². The molecule has 3 rings (SSSR count). The number of rotatable bonds is 4. The van der Waals surface area contributed by atoms with Gasteiger partial charge >= 0.3 is 5.97 Å². The molecule has 1 N–H and O–H groups in total. The molecule has 22 heavy (non-hydrogen) atoms. The second kappa shape index (κ2) is 5.56. The highest BCUT2D eigenvalue weighted by atomic mass is 16.5. The van der Waals surface area contributed by atoms with Gasteiger partial charge < -0.3 is 14.3 Å². The lowest BCUT2D eigenvalue weighted by Crippen LogP contribution is -2.05. The van der Waals surface area contributed by atoms with Gasteiger partial charge in [0, 0.05) is 10.9 Å². The number of carbonyl (C=O) groups is 1. The normalized spacial score (nSPS) is 11.0. The molecule has 1 heterocycles. The summed E-state index contributed by atoms with van der Waals surface area (Å²) < 4.78 is 11.4. The van der Waals surface area contributed by atoms with Gasteiger partial charge in [0.25, 0.3) is 0 Å². The largest absolute Gasteiger partial charge is 0.491 e. The van der Waals surface area contributed by atoms with E-state index in [1.807, 2.05) is 44.2 Å². The molecular formula is C18H16O4. The third kappa shape index (κ3) is 2.55. The van der Waals surface area contributed by atoms with Crippen LogP contribution in [0.15, 0.2) is 52.9 Å². The third-order valence-corrected chi connectivity index (χ3v) is 3.28. The third-order valence-electron chi connectivity index (χ3n) is 3.28. The molecule has 0 aliphatic carbocycles. The van der Waals surface area contributed by atoms with E-state index in [1.54, 1.807) is 18.2 Å². The van der Waals surface area contributed by atoms with Gasteiger partial charge in [0.15, 0.2) is 0 Å². The molecule has 4 nitrogen and oxygen atoms in total. The van der Waals surface area contributed by atoms with Crippen LogP contribution in [0.25, 0.3) is 22.3 Å². The van der Waals surface area contributed by atoms with E-state index in [2.05, 4.69) is 0 Å².